The van der Waals surface area contributed by atoms with E-state index in [0.29, 0.717) is 28.5 Å². The van der Waals surface area contributed by atoms with E-state index in [1.807, 2.05) is 0 Å². The van der Waals surface area contributed by atoms with Gasteiger partial charge < -0.3 is 4.90 Å². The second-order valence-electron chi connectivity index (χ2n) is 14.0. The van der Waals surface area contributed by atoms with Crippen molar-refractivity contribution in [3.05, 3.63) is 69.2 Å². The molecular weight excluding hydrogens is 522 g/mol. The minimum Gasteiger partial charge on any atom is -0.371 e. The zero-order valence-electron chi connectivity index (χ0n) is 24.9. The number of thiazole rings is 1. The number of nitriles is 1. The van der Waals surface area contributed by atoms with Crippen LogP contribution in [0.5, 0.6) is 0 Å². The maximum Gasteiger partial charge on any atom is 0.171 e. The van der Waals surface area contributed by atoms with E-state index in [1.54, 1.807) is 11.3 Å². The number of carbonyl (C=O) groups excluding carboxylic acids is 1. The Labute approximate surface area is 246 Å². The number of benzene rings is 3. The molecule has 0 spiro atoms. The Kier molecular flexibility index (Phi) is 5.80. The number of carbonyl (C=O) groups is 1. The smallest absolute Gasteiger partial charge is 0.171 e. The average molecular weight is 560 g/mol. The van der Waals surface area contributed by atoms with Crippen LogP contribution in [0.4, 0.5) is 5.69 Å². The molecular formula is C36H37N3OS. The van der Waals surface area contributed by atoms with E-state index in [2.05, 4.69) is 88.9 Å². The summed E-state index contributed by atoms with van der Waals surface area (Å²) in [7, 11) is 0. The molecule has 3 aromatic carbocycles. The predicted octanol–water partition coefficient (Wildman–Crippen LogP) is 8.69. The lowest BCUT2D eigenvalue weighted by Gasteiger charge is -2.40. The van der Waals surface area contributed by atoms with Crippen LogP contribution in [-0.2, 0) is 22.0 Å². The van der Waals surface area contributed by atoms with Gasteiger partial charge in [0.05, 0.1) is 21.4 Å². The lowest BCUT2D eigenvalue weighted by atomic mass is 9.70. The number of hydrogen-bond donors (Lipinski definition) is 0. The van der Waals surface area contributed by atoms with E-state index in [1.165, 1.54) is 27.8 Å². The summed E-state index contributed by atoms with van der Waals surface area (Å²) in [6.45, 7) is 15.8. The number of fused-ring (bicyclic) bond motifs is 5. The van der Waals surface area contributed by atoms with Gasteiger partial charge in [-0.15, -0.1) is 11.3 Å². The molecule has 4 aromatic rings. The molecule has 7 rings (SSSR count). The summed E-state index contributed by atoms with van der Waals surface area (Å²) in [5.41, 5.74) is 9.20. The lowest BCUT2D eigenvalue weighted by Crippen LogP contribution is -2.33. The molecule has 0 radical (unpaired) electrons. The van der Waals surface area contributed by atoms with Gasteiger partial charge in [-0.05, 0) is 81.3 Å². The number of hydrogen-bond acceptors (Lipinski definition) is 5. The fourth-order valence-corrected chi connectivity index (χ4v) is 8.58. The highest BCUT2D eigenvalue weighted by Crippen LogP contribution is 2.52. The lowest BCUT2D eigenvalue weighted by molar-refractivity contribution is -0.113. The molecule has 4 nitrogen and oxygen atoms in total. The van der Waals surface area contributed by atoms with Crippen LogP contribution in [-0.4, -0.2) is 23.9 Å². The molecule has 3 heterocycles. The summed E-state index contributed by atoms with van der Waals surface area (Å²) in [5, 5.41) is 13.6. The van der Waals surface area contributed by atoms with Crippen LogP contribution in [0.2, 0.25) is 0 Å². The Hall–Kier alpha value is -3.49. The Balaban J connectivity index is 1.46. The maximum atomic E-state index is 14.1. The first kappa shape index (κ1) is 26.4. The molecule has 208 valence electrons. The highest BCUT2D eigenvalue weighted by Gasteiger charge is 2.40. The zero-order valence-corrected chi connectivity index (χ0v) is 25.8. The number of nitrogens with zero attached hydrogens (tertiary/aromatic N) is 3. The number of aromatic nitrogens is 1. The van der Waals surface area contributed by atoms with Gasteiger partial charge in [-0.2, -0.15) is 5.26 Å². The van der Waals surface area contributed by atoms with Crippen LogP contribution in [0.15, 0.2) is 36.4 Å². The molecule has 5 heteroatoms. The molecule has 0 fully saturated rings. The minimum atomic E-state index is -0.0553. The molecule has 0 saturated heterocycles. The van der Waals surface area contributed by atoms with Gasteiger partial charge in [0.2, 0.25) is 0 Å². The highest BCUT2D eigenvalue weighted by molar-refractivity contribution is 7.21. The normalized spacial score (nSPS) is 20.2. The van der Waals surface area contributed by atoms with Gasteiger partial charge in [-0.3, -0.25) is 4.79 Å². The maximum absolute atomic E-state index is 14.1. The van der Waals surface area contributed by atoms with Crippen LogP contribution in [0.3, 0.4) is 0 Å². The van der Waals surface area contributed by atoms with E-state index >= 15 is 0 Å². The fourth-order valence-electron chi connectivity index (χ4n) is 7.41. The van der Waals surface area contributed by atoms with Gasteiger partial charge in [0, 0.05) is 30.6 Å². The van der Waals surface area contributed by atoms with Crippen molar-refractivity contribution in [1.82, 2.24) is 4.98 Å². The van der Waals surface area contributed by atoms with Gasteiger partial charge >= 0.3 is 0 Å². The molecule has 1 aliphatic carbocycles. The van der Waals surface area contributed by atoms with E-state index in [4.69, 9.17) is 4.98 Å². The molecule has 0 N–H and O–H groups in total. The number of rotatable bonds is 1. The van der Waals surface area contributed by atoms with Crippen molar-refractivity contribution in [3.63, 3.8) is 0 Å². The van der Waals surface area contributed by atoms with Crippen molar-refractivity contribution in [2.75, 3.05) is 18.0 Å². The highest BCUT2D eigenvalue weighted by atomic mass is 32.1. The van der Waals surface area contributed by atoms with Gasteiger partial charge in [-0.1, -0.05) is 65.8 Å². The van der Waals surface area contributed by atoms with Gasteiger partial charge in [0.15, 0.2) is 5.78 Å². The molecule has 0 saturated carbocycles. The second-order valence-corrected chi connectivity index (χ2v) is 15.0. The van der Waals surface area contributed by atoms with Crippen LogP contribution >= 0.6 is 11.3 Å². The topological polar surface area (TPSA) is 57.0 Å². The van der Waals surface area contributed by atoms with Crippen LogP contribution in [0.1, 0.15) is 99.5 Å². The van der Waals surface area contributed by atoms with Crippen LogP contribution < -0.4 is 4.90 Å². The standard InChI is InChI=1S/C36H37N3OS/c1-20-12-15-39-14-7-13-36(5,6)31-26-18-29(40)30(27(19-37)25(26)17-24(20)32(31)39)34-38-28-11-8-21-16-22(35(2,3)4)9-10-23(21)33(28)41-34/h8-11,16-17,20H,7,12-15,18H2,1-6H3. The molecule has 1 atom stereocenters. The molecule has 0 amide bonds. The van der Waals surface area contributed by atoms with Crippen molar-refractivity contribution < 1.29 is 4.79 Å². The zero-order chi connectivity index (χ0) is 28.8. The quantitative estimate of drug-likeness (QED) is 0.234. The first-order chi connectivity index (χ1) is 19.5. The van der Waals surface area contributed by atoms with E-state index < -0.39 is 0 Å². The van der Waals surface area contributed by atoms with E-state index in [-0.39, 0.29) is 16.6 Å². The first-order valence-corrected chi connectivity index (χ1v) is 15.8. The predicted molar refractivity (Wildman–Crippen MR) is 171 cm³/mol. The first-order valence-electron chi connectivity index (χ1n) is 15.0. The van der Waals surface area contributed by atoms with Gasteiger partial charge in [-0.25, -0.2) is 4.98 Å². The second kappa shape index (κ2) is 9.00. The number of allylic oxidation sites excluding steroid dienone is 2. The Morgan fingerprint density at radius 1 is 1.12 bits per heavy atom. The third-order valence-electron chi connectivity index (χ3n) is 9.72. The molecule has 0 bridgehead atoms. The Morgan fingerprint density at radius 2 is 1.93 bits per heavy atom. The van der Waals surface area contributed by atoms with Crippen LogP contribution in [0, 0.1) is 11.3 Å². The molecule has 1 unspecified atom stereocenters. The van der Waals surface area contributed by atoms with Crippen LogP contribution in [0.25, 0.3) is 32.1 Å². The summed E-state index contributed by atoms with van der Waals surface area (Å²) in [6.07, 6.45) is 3.66. The Bertz CT molecular complexity index is 1860. The molecule has 1 aromatic heterocycles. The SMILES string of the molecule is CC1CCN2CCCC(C)(C)c3c4c(cc1c32)C(C#N)=C(c1nc2ccc3cc(C(C)(C)C)ccc3c2s1)C(=O)C4. The number of ketones is 1. The molecule has 2 aliphatic heterocycles. The Morgan fingerprint density at radius 3 is 2.68 bits per heavy atom. The third-order valence-corrected chi connectivity index (χ3v) is 10.8. The number of Topliss-reactive ketones (excluding diaryl/α,β-unsaturated/α-hetero) is 1. The van der Waals surface area contributed by atoms with E-state index in [0.717, 1.165) is 59.1 Å². The average Bonchev–Trinajstić information content (AvgIpc) is 3.30. The summed E-state index contributed by atoms with van der Waals surface area (Å²) in [5.74, 6) is 0.436. The fraction of sp³-hybridized carbons (Fsp3) is 0.417. The summed E-state index contributed by atoms with van der Waals surface area (Å²) >= 11 is 1.55. The third kappa shape index (κ3) is 3.98. The number of anilines is 1. The minimum absolute atomic E-state index is 0.0130. The summed E-state index contributed by atoms with van der Waals surface area (Å²) in [6, 6.07) is 15.6. The molecule has 3 aliphatic rings. The molecule has 41 heavy (non-hydrogen) atoms. The summed E-state index contributed by atoms with van der Waals surface area (Å²) in [4.78, 5) is 21.6. The van der Waals surface area contributed by atoms with Crippen molar-refractivity contribution in [1.29, 1.82) is 5.26 Å². The van der Waals surface area contributed by atoms with Crippen molar-refractivity contribution in [2.24, 2.45) is 0 Å². The van der Waals surface area contributed by atoms with E-state index in [9.17, 15) is 10.1 Å². The van der Waals surface area contributed by atoms with Crippen molar-refractivity contribution >= 4 is 54.9 Å². The van der Waals surface area contributed by atoms with Gasteiger partial charge in [0.1, 0.15) is 11.1 Å². The summed E-state index contributed by atoms with van der Waals surface area (Å²) < 4.78 is 1.07. The van der Waals surface area contributed by atoms with Crippen molar-refractivity contribution in [3.8, 4) is 6.07 Å². The largest absolute Gasteiger partial charge is 0.371 e. The van der Waals surface area contributed by atoms with Crippen molar-refractivity contribution in [2.45, 2.75) is 84.0 Å². The van der Waals surface area contributed by atoms with Gasteiger partial charge in [0.25, 0.3) is 0 Å². The monoisotopic (exact) mass is 559 g/mol.